The van der Waals surface area contributed by atoms with Crippen molar-refractivity contribution in [2.24, 2.45) is 5.92 Å². The molecule has 0 aromatic carbocycles. The van der Waals surface area contributed by atoms with Gasteiger partial charge in [0.05, 0.1) is 18.4 Å². The minimum atomic E-state index is -0.914. The van der Waals surface area contributed by atoms with Gasteiger partial charge in [-0.05, 0) is 19.3 Å². The van der Waals surface area contributed by atoms with Gasteiger partial charge in [-0.2, -0.15) is 0 Å². The van der Waals surface area contributed by atoms with E-state index in [2.05, 4.69) is 10.6 Å². The summed E-state index contributed by atoms with van der Waals surface area (Å²) in [5, 5.41) is 14.5. The average Bonchev–Trinajstić information content (AvgIpc) is 2.80. The predicted octanol–water partition coefficient (Wildman–Crippen LogP) is 0.550. The molecular weight excluding hydrogens is 274 g/mol. The van der Waals surface area contributed by atoms with Crippen LogP contribution < -0.4 is 10.6 Å². The van der Waals surface area contributed by atoms with Gasteiger partial charge in [-0.15, -0.1) is 0 Å². The second-order valence-electron chi connectivity index (χ2n) is 5.79. The van der Waals surface area contributed by atoms with E-state index in [0.29, 0.717) is 19.5 Å². The summed E-state index contributed by atoms with van der Waals surface area (Å²) in [6, 6.07) is -0.704. The molecule has 3 unspecified atom stereocenters. The molecule has 2 rings (SSSR count). The van der Waals surface area contributed by atoms with Crippen molar-refractivity contribution in [3.8, 4) is 0 Å². The van der Waals surface area contributed by atoms with E-state index in [1.54, 1.807) is 4.90 Å². The zero-order chi connectivity index (χ0) is 15.4. The van der Waals surface area contributed by atoms with Gasteiger partial charge < -0.3 is 20.6 Å². The Labute approximate surface area is 124 Å². The summed E-state index contributed by atoms with van der Waals surface area (Å²) in [6.45, 7) is 3.07. The number of carboxylic acids is 1. The van der Waals surface area contributed by atoms with E-state index in [0.717, 1.165) is 19.3 Å². The summed E-state index contributed by atoms with van der Waals surface area (Å²) in [7, 11) is 0. The van der Waals surface area contributed by atoms with Crippen LogP contribution in [0.1, 0.15) is 39.0 Å². The van der Waals surface area contributed by atoms with Crippen LogP contribution in [0.4, 0.5) is 4.79 Å². The molecule has 3 atom stereocenters. The maximum absolute atomic E-state index is 12.4. The van der Waals surface area contributed by atoms with Crippen molar-refractivity contribution in [1.29, 1.82) is 0 Å². The van der Waals surface area contributed by atoms with Crippen molar-refractivity contribution in [2.45, 2.75) is 51.1 Å². The fourth-order valence-corrected chi connectivity index (χ4v) is 3.25. The molecule has 0 aliphatic carbocycles. The van der Waals surface area contributed by atoms with Crippen LogP contribution in [0.2, 0.25) is 0 Å². The fourth-order valence-electron chi connectivity index (χ4n) is 3.25. The third kappa shape index (κ3) is 3.65. The van der Waals surface area contributed by atoms with E-state index in [1.807, 2.05) is 6.92 Å². The lowest BCUT2D eigenvalue weighted by atomic mass is 9.92. The van der Waals surface area contributed by atoms with Gasteiger partial charge in [-0.3, -0.25) is 9.59 Å². The highest BCUT2D eigenvalue weighted by atomic mass is 16.4. The molecule has 7 nitrogen and oxygen atoms in total. The zero-order valence-electron chi connectivity index (χ0n) is 12.3. The van der Waals surface area contributed by atoms with Crippen molar-refractivity contribution < 1.29 is 19.5 Å². The Bertz CT molecular complexity index is 426. The van der Waals surface area contributed by atoms with Gasteiger partial charge in [0.2, 0.25) is 5.91 Å². The first kappa shape index (κ1) is 15.6. The highest BCUT2D eigenvalue weighted by Crippen LogP contribution is 2.27. The second-order valence-corrected chi connectivity index (χ2v) is 5.79. The van der Waals surface area contributed by atoms with E-state index >= 15 is 0 Å². The van der Waals surface area contributed by atoms with Crippen LogP contribution in [0, 0.1) is 5.92 Å². The molecule has 0 aromatic heterocycles. The number of hydrogen-bond donors (Lipinski definition) is 3. The molecule has 0 aromatic rings. The number of fused-ring (bicyclic) bond motifs is 1. The molecule has 2 heterocycles. The van der Waals surface area contributed by atoms with Crippen molar-refractivity contribution in [3.05, 3.63) is 0 Å². The fraction of sp³-hybridized carbons (Fsp3) is 0.786. The molecule has 0 radical (unpaired) electrons. The Balaban J connectivity index is 1.97. The molecule has 0 spiro atoms. The van der Waals surface area contributed by atoms with Gasteiger partial charge in [-0.25, -0.2) is 4.79 Å². The molecule has 118 valence electrons. The molecule has 2 saturated heterocycles. The molecular formula is C14H23N3O4. The van der Waals surface area contributed by atoms with E-state index in [4.69, 9.17) is 5.11 Å². The number of amides is 3. The Morgan fingerprint density at radius 3 is 2.95 bits per heavy atom. The summed E-state index contributed by atoms with van der Waals surface area (Å²) >= 11 is 0. The second kappa shape index (κ2) is 6.78. The first-order valence-corrected chi connectivity index (χ1v) is 7.59. The Kier molecular flexibility index (Phi) is 5.03. The number of aliphatic carboxylic acids is 1. The molecule has 2 fully saturated rings. The van der Waals surface area contributed by atoms with Gasteiger partial charge >= 0.3 is 12.0 Å². The van der Waals surface area contributed by atoms with Crippen LogP contribution in [0.5, 0.6) is 0 Å². The van der Waals surface area contributed by atoms with Crippen LogP contribution in [0.25, 0.3) is 0 Å². The number of carbonyl (C=O) groups excluding carboxylic acids is 2. The average molecular weight is 297 g/mol. The molecule has 3 N–H and O–H groups in total. The number of carboxylic acid groups (broad SMARTS) is 1. The SMILES string of the molecule is CCCC(CC(=O)O)NC(=O)N1CCCC2C(=O)NCC21. The minimum absolute atomic E-state index is 0.0214. The Morgan fingerprint density at radius 1 is 1.52 bits per heavy atom. The largest absolute Gasteiger partial charge is 0.481 e. The Hall–Kier alpha value is -1.79. The minimum Gasteiger partial charge on any atom is -0.481 e. The number of hydrogen-bond acceptors (Lipinski definition) is 3. The standard InChI is InChI=1S/C14H23N3O4/c1-2-4-9(7-12(18)19)16-14(21)17-6-3-5-10-11(17)8-15-13(10)20/h9-11H,2-8H2,1H3,(H,15,20)(H,16,21)(H,18,19). The lowest BCUT2D eigenvalue weighted by Crippen LogP contribution is -2.54. The number of urea groups is 1. The normalized spacial score (nSPS) is 26.0. The van der Waals surface area contributed by atoms with E-state index < -0.39 is 5.97 Å². The van der Waals surface area contributed by atoms with Crippen molar-refractivity contribution in [1.82, 2.24) is 15.5 Å². The highest BCUT2D eigenvalue weighted by Gasteiger charge is 2.42. The van der Waals surface area contributed by atoms with Crippen molar-refractivity contribution in [2.75, 3.05) is 13.1 Å². The van der Waals surface area contributed by atoms with E-state index in [-0.39, 0.29) is 36.4 Å². The molecule has 2 aliphatic heterocycles. The molecule has 3 amide bonds. The van der Waals surface area contributed by atoms with Gasteiger partial charge in [-0.1, -0.05) is 13.3 Å². The number of likely N-dealkylation sites (tertiary alicyclic amines) is 1. The van der Waals surface area contributed by atoms with Gasteiger partial charge in [0.1, 0.15) is 0 Å². The van der Waals surface area contributed by atoms with E-state index in [9.17, 15) is 14.4 Å². The highest BCUT2D eigenvalue weighted by molar-refractivity contribution is 5.84. The van der Waals surface area contributed by atoms with Crippen LogP contribution >= 0.6 is 0 Å². The molecule has 21 heavy (non-hydrogen) atoms. The van der Waals surface area contributed by atoms with Crippen LogP contribution in [0.3, 0.4) is 0 Å². The summed E-state index contributed by atoms with van der Waals surface area (Å²) in [4.78, 5) is 36.6. The molecule has 0 saturated carbocycles. The van der Waals surface area contributed by atoms with Crippen molar-refractivity contribution in [3.63, 3.8) is 0 Å². The number of rotatable bonds is 5. The van der Waals surface area contributed by atoms with Crippen molar-refractivity contribution >= 4 is 17.9 Å². The number of nitrogens with zero attached hydrogens (tertiary/aromatic N) is 1. The summed E-state index contributed by atoms with van der Waals surface area (Å²) in [5.74, 6) is -1.01. The molecule has 2 aliphatic rings. The number of nitrogens with one attached hydrogen (secondary N) is 2. The van der Waals surface area contributed by atoms with E-state index in [1.165, 1.54) is 0 Å². The zero-order valence-corrected chi connectivity index (χ0v) is 12.3. The number of piperidine rings is 1. The lowest BCUT2D eigenvalue weighted by molar-refractivity contribution is -0.137. The van der Waals surface area contributed by atoms with Crippen LogP contribution in [-0.4, -0.2) is 53.1 Å². The molecule has 7 heteroatoms. The number of carbonyl (C=O) groups is 3. The Morgan fingerprint density at radius 2 is 2.29 bits per heavy atom. The molecule has 0 bridgehead atoms. The van der Waals surface area contributed by atoms with Crippen LogP contribution in [-0.2, 0) is 9.59 Å². The summed E-state index contributed by atoms with van der Waals surface area (Å²) < 4.78 is 0. The predicted molar refractivity (Wildman–Crippen MR) is 75.7 cm³/mol. The van der Waals surface area contributed by atoms with Crippen LogP contribution in [0.15, 0.2) is 0 Å². The summed E-state index contributed by atoms with van der Waals surface area (Å²) in [6.07, 6.45) is 2.99. The third-order valence-electron chi connectivity index (χ3n) is 4.25. The quantitative estimate of drug-likeness (QED) is 0.690. The first-order valence-electron chi connectivity index (χ1n) is 7.59. The maximum Gasteiger partial charge on any atom is 0.317 e. The third-order valence-corrected chi connectivity index (χ3v) is 4.25. The first-order chi connectivity index (χ1) is 10.0. The van der Waals surface area contributed by atoms with Gasteiger partial charge in [0, 0.05) is 19.1 Å². The van der Waals surface area contributed by atoms with Gasteiger partial charge in [0.25, 0.3) is 0 Å². The maximum atomic E-state index is 12.4. The smallest absolute Gasteiger partial charge is 0.317 e. The van der Waals surface area contributed by atoms with Gasteiger partial charge in [0.15, 0.2) is 0 Å². The summed E-state index contributed by atoms with van der Waals surface area (Å²) in [5.41, 5.74) is 0. The topological polar surface area (TPSA) is 98.7 Å². The monoisotopic (exact) mass is 297 g/mol. The lowest BCUT2D eigenvalue weighted by Gasteiger charge is -2.36.